The van der Waals surface area contributed by atoms with Crippen LogP contribution in [0.25, 0.3) is 0 Å². The summed E-state index contributed by atoms with van der Waals surface area (Å²) < 4.78 is 0. The fourth-order valence-electron chi connectivity index (χ4n) is 1.78. The summed E-state index contributed by atoms with van der Waals surface area (Å²) in [6, 6.07) is 5.81. The lowest BCUT2D eigenvalue weighted by Gasteiger charge is -2.19. The Labute approximate surface area is 114 Å². The molecule has 0 heterocycles. The predicted octanol–water partition coefficient (Wildman–Crippen LogP) is 2.28. The van der Waals surface area contributed by atoms with Gasteiger partial charge < -0.3 is 10.2 Å². The Morgan fingerprint density at radius 2 is 2.05 bits per heavy atom. The number of nitrogens with one attached hydrogen (secondary N) is 1. The summed E-state index contributed by atoms with van der Waals surface area (Å²) in [7, 11) is 0. The zero-order valence-electron chi connectivity index (χ0n) is 11.7. The molecule has 0 spiro atoms. The van der Waals surface area contributed by atoms with E-state index in [0.717, 1.165) is 16.8 Å². The van der Waals surface area contributed by atoms with Gasteiger partial charge in [-0.3, -0.25) is 9.59 Å². The molecule has 0 saturated carbocycles. The summed E-state index contributed by atoms with van der Waals surface area (Å²) in [5.41, 5.74) is 2.93. The van der Waals surface area contributed by atoms with Crippen molar-refractivity contribution < 1.29 is 9.59 Å². The van der Waals surface area contributed by atoms with Gasteiger partial charge in [0.25, 0.3) is 0 Å². The molecule has 19 heavy (non-hydrogen) atoms. The van der Waals surface area contributed by atoms with Gasteiger partial charge in [0.1, 0.15) is 6.54 Å². The quantitative estimate of drug-likeness (QED) is 0.826. The first-order valence-electron chi connectivity index (χ1n) is 6.17. The van der Waals surface area contributed by atoms with E-state index < -0.39 is 0 Å². The van der Waals surface area contributed by atoms with E-state index in [1.807, 2.05) is 32.0 Å². The zero-order chi connectivity index (χ0) is 14.4. The molecule has 102 valence electrons. The van der Waals surface area contributed by atoms with Crippen LogP contribution in [0, 0.1) is 13.8 Å². The highest BCUT2D eigenvalue weighted by molar-refractivity contribution is 5.94. The van der Waals surface area contributed by atoms with E-state index in [0.29, 0.717) is 6.54 Å². The number of anilines is 1. The van der Waals surface area contributed by atoms with Crippen molar-refractivity contribution in [2.75, 3.05) is 18.4 Å². The minimum atomic E-state index is -0.205. The van der Waals surface area contributed by atoms with Crippen LogP contribution in [0.4, 0.5) is 5.69 Å². The fourth-order valence-corrected chi connectivity index (χ4v) is 1.78. The summed E-state index contributed by atoms with van der Waals surface area (Å²) in [6.45, 7) is 9.36. The third kappa shape index (κ3) is 4.58. The molecule has 0 aliphatic heterocycles. The van der Waals surface area contributed by atoms with E-state index >= 15 is 0 Å². The Balaban J connectivity index is 2.68. The molecule has 1 aromatic carbocycles. The Morgan fingerprint density at radius 1 is 1.37 bits per heavy atom. The van der Waals surface area contributed by atoms with Gasteiger partial charge in [0, 0.05) is 19.2 Å². The van der Waals surface area contributed by atoms with Crippen LogP contribution >= 0.6 is 0 Å². The molecule has 0 unspecified atom stereocenters. The first kappa shape index (κ1) is 15.0. The molecule has 1 N–H and O–H groups in total. The lowest BCUT2D eigenvalue weighted by molar-refractivity contribution is -0.132. The monoisotopic (exact) mass is 260 g/mol. The molecule has 0 saturated heterocycles. The highest BCUT2D eigenvalue weighted by Gasteiger charge is 2.12. The number of carbonyl (C=O) groups is 2. The van der Waals surface area contributed by atoms with Gasteiger partial charge in [0.05, 0.1) is 0 Å². The van der Waals surface area contributed by atoms with Crippen LogP contribution in [-0.2, 0) is 9.59 Å². The Kier molecular flexibility index (Phi) is 5.30. The maximum absolute atomic E-state index is 11.9. The number of hydrogen-bond acceptors (Lipinski definition) is 2. The van der Waals surface area contributed by atoms with Crippen molar-refractivity contribution in [3.8, 4) is 0 Å². The third-order valence-corrected chi connectivity index (χ3v) is 2.79. The summed E-state index contributed by atoms with van der Waals surface area (Å²) in [6.07, 6.45) is 1.60. The number of amides is 2. The van der Waals surface area contributed by atoms with Gasteiger partial charge in [-0.25, -0.2) is 0 Å². The average Bonchev–Trinajstić information content (AvgIpc) is 2.32. The lowest BCUT2D eigenvalue weighted by Crippen LogP contribution is -2.36. The Morgan fingerprint density at radius 3 is 2.58 bits per heavy atom. The van der Waals surface area contributed by atoms with Crippen molar-refractivity contribution >= 4 is 17.5 Å². The molecule has 0 aliphatic rings. The van der Waals surface area contributed by atoms with Gasteiger partial charge in [-0.15, -0.1) is 6.58 Å². The summed E-state index contributed by atoms with van der Waals surface area (Å²) >= 11 is 0. The van der Waals surface area contributed by atoms with E-state index in [-0.39, 0.29) is 18.4 Å². The third-order valence-electron chi connectivity index (χ3n) is 2.79. The zero-order valence-corrected chi connectivity index (χ0v) is 11.7. The minimum absolute atomic E-state index is 0.0364. The molecule has 1 aromatic rings. The first-order valence-corrected chi connectivity index (χ1v) is 6.17. The van der Waals surface area contributed by atoms with Crippen molar-refractivity contribution in [1.29, 1.82) is 0 Å². The second-order valence-electron chi connectivity index (χ2n) is 4.55. The predicted molar refractivity (Wildman–Crippen MR) is 77.0 cm³/mol. The average molecular weight is 260 g/mol. The van der Waals surface area contributed by atoms with Gasteiger partial charge in [-0.2, -0.15) is 0 Å². The van der Waals surface area contributed by atoms with Crippen LogP contribution in [0.2, 0.25) is 0 Å². The van der Waals surface area contributed by atoms with Gasteiger partial charge >= 0.3 is 0 Å². The molecule has 2 amide bonds. The summed E-state index contributed by atoms with van der Waals surface area (Å²) in [4.78, 5) is 24.7. The highest BCUT2D eigenvalue weighted by atomic mass is 16.2. The standard InChI is InChI=1S/C15H20N2O2/c1-5-8-17(13(4)18)10-15(19)16-14-7-6-11(2)9-12(14)3/h5-7,9H,1,8,10H2,2-4H3,(H,16,19). The lowest BCUT2D eigenvalue weighted by atomic mass is 10.1. The van der Waals surface area contributed by atoms with Gasteiger partial charge in [-0.1, -0.05) is 23.8 Å². The second-order valence-corrected chi connectivity index (χ2v) is 4.55. The molecule has 0 aromatic heterocycles. The van der Waals surface area contributed by atoms with Crippen LogP contribution in [-0.4, -0.2) is 29.8 Å². The topological polar surface area (TPSA) is 49.4 Å². The molecule has 0 radical (unpaired) electrons. The van der Waals surface area contributed by atoms with Crippen LogP contribution < -0.4 is 5.32 Å². The van der Waals surface area contributed by atoms with E-state index in [1.165, 1.54) is 11.8 Å². The van der Waals surface area contributed by atoms with Crippen LogP contribution in [0.15, 0.2) is 30.9 Å². The summed E-state index contributed by atoms with van der Waals surface area (Å²) in [5, 5.41) is 2.81. The summed E-state index contributed by atoms with van der Waals surface area (Å²) in [5.74, 6) is -0.348. The normalized spacial score (nSPS) is 9.84. The SMILES string of the molecule is C=CCN(CC(=O)Nc1ccc(C)cc1C)C(C)=O. The number of benzene rings is 1. The number of hydrogen-bond donors (Lipinski definition) is 1. The maximum atomic E-state index is 11.9. The molecule has 0 atom stereocenters. The number of aryl methyl sites for hydroxylation is 2. The van der Waals surface area contributed by atoms with E-state index in [1.54, 1.807) is 6.08 Å². The number of carbonyl (C=O) groups excluding carboxylic acids is 2. The van der Waals surface area contributed by atoms with Gasteiger partial charge in [0.2, 0.25) is 11.8 Å². The molecule has 4 nitrogen and oxygen atoms in total. The van der Waals surface area contributed by atoms with Crippen molar-refractivity contribution in [2.45, 2.75) is 20.8 Å². The molecule has 0 aliphatic carbocycles. The smallest absolute Gasteiger partial charge is 0.244 e. The molecule has 4 heteroatoms. The number of nitrogens with zero attached hydrogens (tertiary/aromatic N) is 1. The van der Waals surface area contributed by atoms with Crippen LogP contribution in [0.1, 0.15) is 18.1 Å². The number of rotatable bonds is 5. The molecular formula is C15H20N2O2. The first-order chi connectivity index (χ1) is 8.93. The fraction of sp³-hybridized carbons (Fsp3) is 0.333. The molecule has 0 bridgehead atoms. The molecule has 1 rings (SSSR count). The van der Waals surface area contributed by atoms with Gasteiger partial charge in [0.15, 0.2) is 0 Å². The molecule has 0 fully saturated rings. The Hall–Kier alpha value is -2.10. The highest BCUT2D eigenvalue weighted by Crippen LogP contribution is 2.15. The van der Waals surface area contributed by atoms with Crippen molar-refractivity contribution in [2.24, 2.45) is 0 Å². The maximum Gasteiger partial charge on any atom is 0.244 e. The van der Waals surface area contributed by atoms with Crippen LogP contribution in [0.3, 0.4) is 0 Å². The van der Waals surface area contributed by atoms with E-state index in [4.69, 9.17) is 0 Å². The van der Waals surface area contributed by atoms with E-state index in [9.17, 15) is 9.59 Å². The largest absolute Gasteiger partial charge is 0.330 e. The van der Waals surface area contributed by atoms with Crippen LogP contribution in [0.5, 0.6) is 0 Å². The van der Waals surface area contributed by atoms with Crippen molar-refractivity contribution in [3.63, 3.8) is 0 Å². The van der Waals surface area contributed by atoms with Gasteiger partial charge in [-0.05, 0) is 25.5 Å². The Bertz CT molecular complexity index is 495. The molecular weight excluding hydrogens is 240 g/mol. The van der Waals surface area contributed by atoms with Crippen molar-refractivity contribution in [1.82, 2.24) is 4.90 Å². The van der Waals surface area contributed by atoms with Crippen molar-refractivity contribution in [3.05, 3.63) is 42.0 Å². The minimum Gasteiger partial charge on any atom is -0.330 e. The second kappa shape index (κ2) is 6.73. The van der Waals surface area contributed by atoms with E-state index in [2.05, 4.69) is 11.9 Å².